The van der Waals surface area contributed by atoms with Crippen LogP contribution in [0.3, 0.4) is 0 Å². The quantitative estimate of drug-likeness (QED) is 0.286. The van der Waals surface area contributed by atoms with Crippen molar-refractivity contribution >= 4 is 30.0 Å². The molecule has 0 heterocycles. The van der Waals surface area contributed by atoms with Crippen LogP contribution in [0.15, 0.2) is 49.6 Å². The molecule has 0 aliphatic heterocycles. The maximum absolute atomic E-state index is 10.9. The highest BCUT2D eigenvalue weighted by molar-refractivity contribution is 5.92. The maximum atomic E-state index is 10.9. The minimum absolute atomic E-state index is 0.971. The summed E-state index contributed by atoms with van der Waals surface area (Å²) < 4.78 is 3.87. The van der Waals surface area contributed by atoms with Gasteiger partial charge in [0.15, 0.2) is 12.2 Å². The number of carboxylic acid groups (broad SMARTS) is 2. The zero-order valence-electron chi connectivity index (χ0n) is 15.3. The molecule has 2 atom stereocenters. The number of hydrogen-bond acceptors (Lipinski definition) is 8. The number of benzene rings is 1. The molecule has 2 unspecified atom stereocenters. The number of hydrogen-bond donors (Lipinski definition) is 4. The number of esters is 2. The summed E-state index contributed by atoms with van der Waals surface area (Å²) in [4.78, 5) is 41.9. The van der Waals surface area contributed by atoms with E-state index >= 15 is 0 Å². The van der Waals surface area contributed by atoms with Crippen LogP contribution < -0.4 is 0 Å². The number of aliphatic carboxylic acids is 2. The fourth-order valence-corrected chi connectivity index (χ4v) is 1.32. The van der Waals surface area contributed by atoms with Crippen molar-refractivity contribution in [1.82, 2.24) is 0 Å². The monoisotopic (exact) mass is 407 g/mol. The fourth-order valence-electron chi connectivity index (χ4n) is 1.32. The van der Waals surface area contributed by atoms with Crippen LogP contribution in [-0.4, -0.2) is 56.5 Å². The highest BCUT2D eigenvalue weighted by atomic mass is 16.6. The van der Waals surface area contributed by atoms with E-state index in [4.69, 9.17) is 25.7 Å². The molecular weight excluding hydrogens is 386 g/mol. The number of aliphatic hydroxyl groups excluding tert-OH is 2. The molecule has 10 nitrogen and oxygen atoms in total. The van der Waals surface area contributed by atoms with Gasteiger partial charge >= 0.3 is 23.9 Å². The van der Waals surface area contributed by atoms with E-state index in [0.29, 0.717) is 0 Å². The SMILES string of the molecule is C=CC#N.C=Cc1ccccc1.O=C(O)CC(O)C(=O)OC(=O)C(O)CC(=O)O. The molecule has 4 N–H and O–H groups in total. The van der Waals surface area contributed by atoms with Gasteiger partial charge in [0.1, 0.15) is 0 Å². The Kier molecular flexibility index (Phi) is 15.5. The number of nitriles is 1. The summed E-state index contributed by atoms with van der Waals surface area (Å²) >= 11 is 0. The van der Waals surface area contributed by atoms with Gasteiger partial charge in [-0.15, -0.1) is 0 Å². The number of nitrogens with zero attached hydrogens (tertiary/aromatic N) is 1. The molecule has 0 saturated carbocycles. The molecule has 156 valence electrons. The van der Waals surface area contributed by atoms with Gasteiger partial charge in [-0.05, 0) is 5.56 Å². The van der Waals surface area contributed by atoms with Crippen LogP contribution >= 0.6 is 0 Å². The van der Waals surface area contributed by atoms with Gasteiger partial charge in [0.05, 0.1) is 18.9 Å². The summed E-state index contributed by atoms with van der Waals surface area (Å²) in [6.07, 6.45) is -3.05. The van der Waals surface area contributed by atoms with Crippen molar-refractivity contribution in [3.8, 4) is 6.07 Å². The molecule has 0 aliphatic carbocycles. The second-order valence-electron chi connectivity index (χ2n) is 4.92. The Morgan fingerprint density at radius 3 is 1.59 bits per heavy atom. The number of carboxylic acids is 2. The van der Waals surface area contributed by atoms with Crippen molar-refractivity contribution in [3.63, 3.8) is 0 Å². The summed E-state index contributed by atoms with van der Waals surface area (Å²) in [7, 11) is 0. The third-order valence-corrected chi connectivity index (χ3v) is 2.61. The first-order valence-electron chi connectivity index (χ1n) is 7.82. The first-order valence-corrected chi connectivity index (χ1v) is 7.82. The van der Waals surface area contributed by atoms with Gasteiger partial charge in [-0.1, -0.05) is 49.6 Å². The second kappa shape index (κ2) is 16.4. The Morgan fingerprint density at radius 2 is 1.34 bits per heavy atom. The van der Waals surface area contributed by atoms with E-state index in [1.807, 2.05) is 36.4 Å². The lowest BCUT2D eigenvalue weighted by molar-refractivity contribution is -0.174. The summed E-state index contributed by atoms with van der Waals surface area (Å²) in [5.41, 5.74) is 1.17. The molecule has 0 amide bonds. The summed E-state index contributed by atoms with van der Waals surface area (Å²) in [5, 5.41) is 41.7. The molecule has 1 rings (SSSR count). The van der Waals surface area contributed by atoms with Crippen LogP contribution in [0.25, 0.3) is 6.08 Å². The van der Waals surface area contributed by atoms with Crippen LogP contribution in [-0.2, 0) is 23.9 Å². The van der Waals surface area contributed by atoms with E-state index < -0.39 is 48.9 Å². The summed E-state index contributed by atoms with van der Waals surface area (Å²) in [6.45, 7) is 6.75. The van der Waals surface area contributed by atoms with Gasteiger partial charge in [-0.3, -0.25) is 9.59 Å². The summed E-state index contributed by atoms with van der Waals surface area (Å²) in [5.74, 6) is -6.12. The van der Waals surface area contributed by atoms with Gasteiger partial charge in [-0.2, -0.15) is 5.26 Å². The molecule has 0 aliphatic rings. The van der Waals surface area contributed by atoms with E-state index in [1.165, 1.54) is 11.6 Å². The Morgan fingerprint density at radius 1 is 0.966 bits per heavy atom. The molecule has 10 heteroatoms. The van der Waals surface area contributed by atoms with Crippen molar-refractivity contribution in [2.24, 2.45) is 0 Å². The molecule has 0 saturated heterocycles. The first-order chi connectivity index (χ1) is 13.6. The molecule has 0 bridgehead atoms. The van der Waals surface area contributed by atoms with Gasteiger partial charge in [0.2, 0.25) is 0 Å². The molecule has 0 fully saturated rings. The maximum Gasteiger partial charge on any atom is 0.343 e. The minimum Gasteiger partial charge on any atom is -0.481 e. The smallest absolute Gasteiger partial charge is 0.343 e. The van der Waals surface area contributed by atoms with Crippen LogP contribution in [0.2, 0.25) is 0 Å². The lowest BCUT2D eigenvalue weighted by atomic mass is 10.2. The zero-order chi connectivity index (χ0) is 22.8. The highest BCUT2D eigenvalue weighted by Gasteiger charge is 2.27. The first kappa shape index (κ1) is 27.4. The van der Waals surface area contributed by atoms with E-state index in [9.17, 15) is 19.2 Å². The molecular formula is C19H21NO9. The average Bonchev–Trinajstić information content (AvgIpc) is 2.68. The number of carbonyl (C=O) groups is 4. The predicted octanol–water partition coefficient (Wildman–Crippen LogP) is 0.753. The third-order valence-electron chi connectivity index (χ3n) is 2.61. The second-order valence-corrected chi connectivity index (χ2v) is 4.92. The van der Waals surface area contributed by atoms with Gasteiger partial charge in [0.25, 0.3) is 0 Å². The van der Waals surface area contributed by atoms with Crippen molar-refractivity contribution in [2.45, 2.75) is 25.0 Å². The molecule has 29 heavy (non-hydrogen) atoms. The molecule has 0 radical (unpaired) electrons. The van der Waals surface area contributed by atoms with E-state index in [1.54, 1.807) is 6.07 Å². The topological polar surface area (TPSA) is 182 Å². The average molecular weight is 407 g/mol. The van der Waals surface area contributed by atoms with Crippen LogP contribution in [0.1, 0.15) is 18.4 Å². The Bertz CT molecular complexity index is 706. The van der Waals surface area contributed by atoms with E-state index in [-0.39, 0.29) is 0 Å². The molecule has 0 spiro atoms. The van der Waals surface area contributed by atoms with Gasteiger partial charge in [0, 0.05) is 6.08 Å². The lowest BCUT2D eigenvalue weighted by Gasteiger charge is -2.09. The van der Waals surface area contributed by atoms with Crippen molar-refractivity contribution in [2.75, 3.05) is 0 Å². The Labute approximate surface area is 166 Å². The number of rotatable bonds is 7. The highest BCUT2D eigenvalue weighted by Crippen LogP contribution is 2.00. The number of aliphatic hydroxyl groups is 2. The molecule has 0 aromatic heterocycles. The lowest BCUT2D eigenvalue weighted by Crippen LogP contribution is -2.33. The van der Waals surface area contributed by atoms with Crippen molar-refractivity contribution in [3.05, 3.63) is 55.1 Å². The molecule has 1 aromatic carbocycles. The number of carbonyl (C=O) groups excluding carboxylic acids is 2. The predicted molar refractivity (Wildman–Crippen MR) is 100.0 cm³/mol. The molecule has 1 aromatic rings. The van der Waals surface area contributed by atoms with Crippen molar-refractivity contribution in [1.29, 1.82) is 5.26 Å². The van der Waals surface area contributed by atoms with Crippen LogP contribution in [0.4, 0.5) is 0 Å². The summed E-state index contributed by atoms with van der Waals surface area (Å²) in [6, 6.07) is 11.7. The zero-order valence-corrected chi connectivity index (χ0v) is 15.3. The van der Waals surface area contributed by atoms with Crippen LogP contribution in [0, 0.1) is 11.3 Å². The van der Waals surface area contributed by atoms with Gasteiger partial charge in [-0.25, -0.2) is 9.59 Å². The van der Waals surface area contributed by atoms with Crippen LogP contribution in [0.5, 0.6) is 0 Å². The normalized spacial score (nSPS) is 10.8. The third kappa shape index (κ3) is 16.1. The minimum atomic E-state index is -2.06. The number of ether oxygens (including phenoxy) is 1. The fraction of sp³-hybridized carbons (Fsp3) is 0.211. The standard InChI is InChI=1S/C8H10O9.C8H8.C3H3N/c9-3(1-5(11)12)7(15)17-8(16)4(10)2-6(13)14;1-2-8-6-4-3-5-7-8;1-2-3-4/h3-4,9-10H,1-2H2,(H,11,12)(H,13,14);2-7H,1H2;2H,1H2. The largest absolute Gasteiger partial charge is 0.481 e. The van der Waals surface area contributed by atoms with E-state index in [0.717, 1.165) is 0 Å². The van der Waals surface area contributed by atoms with E-state index in [2.05, 4.69) is 17.9 Å². The Balaban J connectivity index is 0. The van der Waals surface area contributed by atoms with Crippen molar-refractivity contribution < 1.29 is 44.3 Å². The number of allylic oxidation sites excluding steroid dienone is 1. The van der Waals surface area contributed by atoms with Gasteiger partial charge < -0.3 is 25.2 Å². The Hall–Kier alpha value is -3.81.